The highest BCUT2D eigenvalue weighted by Gasteiger charge is 2.10. The molecule has 1 fully saturated rings. The molecule has 1 rings (SSSR count). The van der Waals surface area contributed by atoms with Crippen molar-refractivity contribution in [2.75, 3.05) is 39.3 Å². The SMILES string of the molecule is CC(C)CNC(=O)CNCCCN1CCCC1. The first kappa shape index (κ1) is 14.5. The molecule has 0 bridgehead atoms. The van der Waals surface area contributed by atoms with E-state index in [-0.39, 0.29) is 5.91 Å². The van der Waals surface area contributed by atoms with Gasteiger partial charge in [-0.3, -0.25) is 4.79 Å². The van der Waals surface area contributed by atoms with E-state index < -0.39 is 0 Å². The summed E-state index contributed by atoms with van der Waals surface area (Å²) in [5.41, 5.74) is 0. The van der Waals surface area contributed by atoms with Gasteiger partial charge in [0, 0.05) is 6.54 Å². The number of hydrogen-bond donors (Lipinski definition) is 2. The first-order chi connectivity index (χ1) is 8.18. The molecule has 0 unspecified atom stereocenters. The molecule has 1 heterocycles. The van der Waals surface area contributed by atoms with E-state index in [2.05, 4.69) is 29.4 Å². The molecule has 0 radical (unpaired) electrons. The van der Waals surface area contributed by atoms with Gasteiger partial charge < -0.3 is 15.5 Å². The number of rotatable bonds is 8. The number of amides is 1. The number of nitrogens with one attached hydrogen (secondary N) is 2. The molecule has 0 aromatic carbocycles. The normalized spacial score (nSPS) is 16.6. The van der Waals surface area contributed by atoms with Crippen molar-refractivity contribution in [2.45, 2.75) is 33.1 Å². The summed E-state index contributed by atoms with van der Waals surface area (Å²) in [4.78, 5) is 13.9. The van der Waals surface area contributed by atoms with Crippen molar-refractivity contribution in [3.05, 3.63) is 0 Å². The molecular weight excluding hydrogens is 214 g/mol. The molecule has 4 nitrogen and oxygen atoms in total. The zero-order valence-corrected chi connectivity index (χ0v) is 11.3. The fraction of sp³-hybridized carbons (Fsp3) is 0.923. The Morgan fingerprint density at radius 3 is 2.65 bits per heavy atom. The zero-order chi connectivity index (χ0) is 12.5. The second kappa shape index (κ2) is 8.48. The van der Waals surface area contributed by atoms with Gasteiger partial charge in [0.2, 0.25) is 5.91 Å². The van der Waals surface area contributed by atoms with Gasteiger partial charge in [-0.15, -0.1) is 0 Å². The van der Waals surface area contributed by atoms with Crippen molar-refractivity contribution in [1.82, 2.24) is 15.5 Å². The smallest absolute Gasteiger partial charge is 0.233 e. The van der Waals surface area contributed by atoms with Crippen LogP contribution in [0.25, 0.3) is 0 Å². The minimum absolute atomic E-state index is 0.111. The Labute approximate surface area is 105 Å². The molecule has 2 N–H and O–H groups in total. The van der Waals surface area contributed by atoms with Gasteiger partial charge in [-0.2, -0.15) is 0 Å². The van der Waals surface area contributed by atoms with Gasteiger partial charge in [-0.1, -0.05) is 13.8 Å². The minimum atomic E-state index is 0.111. The van der Waals surface area contributed by atoms with Gasteiger partial charge in [0.25, 0.3) is 0 Å². The highest BCUT2D eigenvalue weighted by atomic mass is 16.1. The van der Waals surface area contributed by atoms with E-state index in [0.29, 0.717) is 12.5 Å². The van der Waals surface area contributed by atoms with Crippen LogP contribution in [0.5, 0.6) is 0 Å². The molecular formula is C13H27N3O. The molecule has 0 aromatic heterocycles. The second-order valence-electron chi connectivity index (χ2n) is 5.28. The summed E-state index contributed by atoms with van der Waals surface area (Å²) in [5.74, 6) is 0.633. The maximum Gasteiger partial charge on any atom is 0.233 e. The van der Waals surface area contributed by atoms with Crippen molar-refractivity contribution in [2.24, 2.45) is 5.92 Å². The first-order valence-electron chi connectivity index (χ1n) is 6.88. The average molecular weight is 241 g/mol. The summed E-state index contributed by atoms with van der Waals surface area (Å²) in [6.07, 6.45) is 3.84. The van der Waals surface area contributed by atoms with E-state index >= 15 is 0 Å². The lowest BCUT2D eigenvalue weighted by molar-refractivity contribution is -0.120. The van der Waals surface area contributed by atoms with E-state index in [4.69, 9.17) is 0 Å². The van der Waals surface area contributed by atoms with Crippen LogP contribution in [0.4, 0.5) is 0 Å². The Kier molecular flexibility index (Phi) is 7.21. The summed E-state index contributed by atoms with van der Waals surface area (Å²) >= 11 is 0. The third kappa shape index (κ3) is 7.34. The van der Waals surface area contributed by atoms with E-state index in [0.717, 1.165) is 19.5 Å². The maximum absolute atomic E-state index is 11.4. The monoisotopic (exact) mass is 241 g/mol. The van der Waals surface area contributed by atoms with Gasteiger partial charge in [-0.25, -0.2) is 0 Å². The zero-order valence-electron chi connectivity index (χ0n) is 11.3. The first-order valence-corrected chi connectivity index (χ1v) is 6.88. The Morgan fingerprint density at radius 1 is 1.29 bits per heavy atom. The van der Waals surface area contributed by atoms with Crippen LogP contribution in [0.3, 0.4) is 0 Å². The van der Waals surface area contributed by atoms with Crippen molar-refractivity contribution in [3.8, 4) is 0 Å². The van der Waals surface area contributed by atoms with Crippen LogP contribution in [-0.4, -0.2) is 50.1 Å². The lowest BCUT2D eigenvalue weighted by atomic mass is 10.2. The van der Waals surface area contributed by atoms with Crippen molar-refractivity contribution >= 4 is 5.91 Å². The standard InChI is InChI=1S/C13H27N3O/c1-12(2)10-15-13(17)11-14-6-5-9-16-7-3-4-8-16/h12,14H,3-11H2,1-2H3,(H,15,17). The summed E-state index contributed by atoms with van der Waals surface area (Å²) in [5, 5.41) is 6.10. The number of hydrogen-bond acceptors (Lipinski definition) is 3. The molecule has 1 saturated heterocycles. The summed E-state index contributed by atoms with van der Waals surface area (Å²) in [6, 6.07) is 0. The number of likely N-dealkylation sites (tertiary alicyclic amines) is 1. The third-order valence-electron chi connectivity index (χ3n) is 3.02. The molecule has 0 saturated carbocycles. The van der Waals surface area contributed by atoms with Crippen LogP contribution >= 0.6 is 0 Å². The minimum Gasteiger partial charge on any atom is -0.355 e. The molecule has 0 aromatic rings. The second-order valence-corrected chi connectivity index (χ2v) is 5.28. The molecule has 0 spiro atoms. The predicted molar refractivity (Wildman–Crippen MR) is 71.0 cm³/mol. The highest BCUT2D eigenvalue weighted by molar-refractivity contribution is 5.77. The Morgan fingerprint density at radius 2 is 2.00 bits per heavy atom. The Hall–Kier alpha value is -0.610. The van der Waals surface area contributed by atoms with Gasteiger partial charge in [0.15, 0.2) is 0 Å². The van der Waals surface area contributed by atoms with Crippen LogP contribution < -0.4 is 10.6 Å². The van der Waals surface area contributed by atoms with Crippen LogP contribution in [-0.2, 0) is 4.79 Å². The largest absolute Gasteiger partial charge is 0.355 e. The number of carbonyl (C=O) groups excluding carboxylic acids is 1. The number of carbonyl (C=O) groups is 1. The van der Waals surface area contributed by atoms with Crippen LogP contribution in [0, 0.1) is 5.92 Å². The predicted octanol–water partition coefficient (Wildman–Crippen LogP) is 0.834. The maximum atomic E-state index is 11.4. The Bertz CT molecular complexity index is 213. The van der Waals surface area contributed by atoms with Crippen molar-refractivity contribution in [3.63, 3.8) is 0 Å². The Balaban J connectivity index is 1.87. The molecule has 1 aliphatic heterocycles. The molecule has 100 valence electrons. The third-order valence-corrected chi connectivity index (χ3v) is 3.02. The van der Waals surface area contributed by atoms with E-state index in [1.807, 2.05) is 0 Å². The summed E-state index contributed by atoms with van der Waals surface area (Å²) in [6.45, 7) is 10.0. The van der Waals surface area contributed by atoms with Crippen LogP contribution in [0.2, 0.25) is 0 Å². The van der Waals surface area contributed by atoms with Gasteiger partial charge in [-0.05, 0) is 51.4 Å². The lowest BCUT2D eigenvalue weighted by Gasteiger charge is -2.14. The van der Waals surface area contributed by atoms with Gasteiger partial charge in [0.05, 0.1) is 6.54 Å². The molecule has 1 amide bonds. The topological polar surface area (TPSA) is 44.4 Å². The highest BCUT2D eigenvalue weighted by Crippen LogP contribution is 2.06. The van der Waals surface area contributed by atoms with Crippen molar-refractivity contribution < 1.29 is 4.79 Å². The molecule has 17 heavy (non-hydrogen) atoms. The van der Waals surface area contributed by atoms with Gasteiger partial charge >= 0.3 is 0 Å². The average Bonchev–Trinajstić information content (AvgIpc) is 2.79. The molecule has 1 aliphatic rings. The van der Waals surface area contributed by atoms with Gasteiger partial charge in [0.1, 0.15) is 0 Å². The van der Waals surface area contributed by atoms with E-state index in [1.54, 1.807) is 0 Å². The lowest BCUT2D eigenvalue weighted by Crippen LogP contribution is -2.36. The van der Waals surface area contributed by atoms with Crippen molar-refractivity contribution in [1.29, 1.82) is 0 Å². The quantitative estimate of drug-likeness (QED) is 0.619. The number of nitrogens with zero attached hydrogens (tertiary/aromatic N) is 1. The summed E-state index contributed by atoms with van der Waals surface area (Å²) < 4.78 is 0. The van der Waals surface area contributed by atoms with Crippen LogP contribution in [0.1, 0.15) is 33.1 Å². The molecule has 0 aliphatic carbocycles. The fourth-order valence-corrected chi connectivity index (χ4v) is 2.02. The van der Waals surface area contributed by atoms with E-state index in [9.17, 15) is 4.79 Å². The van der Waals surface area contributed by atoms with E-state index in [1.165, 1.54) is 32.5 Å². The van der Waals surface area contributed by atoms with Crippen LogP contribution in [0.15, 0.2) is 0 Å². The summed E-state index contributed by atoms with van der Waals surface area (Å²) in [7, 11) is 0. The molecule has 0 atom stereocenters. The molecule has 4 heteroatoms. The fourth-order valence-electron chi connectivity index (χ4n) is 2.02.